The van der Waals surface area contributed by atoms with Crippen molar-refractivity contribution in [3.8, 4) is 0 Å². The Hall–Kier alpha value is -0.0800. The van der Waals surface area contributed by atoms with Gasteiger partial charge in [0.25, 0.3) is 0 Å². The maximum atomic E-state index is 5.30. The molecule has 1 heterocycles. The molecular weight excluding hydrogens is 367 g/mol. The quantitative estimate of drug-likeness (QED) is 0.295. The highest BCUT2D eigenvalue weighted by Gasteiger charge is 2.34. The molecule has 2 N–H and O–H groups in total. The summed E-state index contributed by atoms with van der Waals surface area (Å²) in [6.07, 6.45) is 4.15. The predicted octanol–water partition coefficient (Wildman–Crippen LogP) is 1.29. The van der Waals surface area contributed by atoms with Gasteiger partial charge in [-0.1, -0.05) is 0 Å². The molecule has 1 unspecified atom stereocenters. The van der Waals surface area contributed by atoms with Gasteiger partial charge in [0.2, 0.25) is 0 Å². The van der Waals surface area contributed by atoms with Gasteiger partial charge >= 0.3 is 0 Å². The number of hydrogen-bond acceptors (Lipinski definition) is 3. The first-order chi connectivity index (χ1) is 9.33. The molecule has 1 atom stereocenters. The minimum atomic E-state index is 0. The average molecular weight is 396 g/mol. The summed E-state index contributed by atoms with van der Waals surface area (Å²) in [6, 6.07) is 0.911. The van der Waals surface area contributed by atoms with E-state index in [0.717, 1.165) is 44.2 Å². The summed E-state index contributed by atoms with van der Waals surface area (Å²) in [4.78, 5) is 6.89. The minimum absolute atomic E-state index is 0. The molecule has 0 spiro atoms. The van der Waals surface area contributed by atoms with Crippen molar-refractivity contribution in [2.24, 2.45) is 10.9 Å². The summed E-state index contributed by atoms with van der Waals surface area (Å²) in [5.74, 6) is 1.66. The van der Waals surface area contributed by atoms with Crippen molar-refractivity contribution in [2.45, 2.75) is 32.2 Å². The molecular formula is C14H29IN4O. The van der Waals surface area contributed by atoms with Gasteiger partial charge in [-0.3, -0.25) is 4.99 Å². The molecule has 6 heteroatoms. The van der Waals surface area contributed by atoms with E-state index in [1.807, 2.05) is 14.0 Å². The molecule has 2 aliphatic rings. The van der Waals surface area contributed by atoms with Gasteiger partial charge in [-0.25, -0.2) is 0 Å². The molecule has 2 rings (SSSR count). The highest BCUT2D eigenvalue weighted by molar-refractivity contribution is 14.0. The van der Waals surface area contributed by atoms with E-state index in [2.05, 4.69) is 20.5 Å². The van der Waals surface area contributed by atoms with E-state index in [1.54, 1.807) is 0 Å². The van der Waals surface area contributed by atoms with Crippen LogP contribution in [0.2, 0.25) is 0 Å². The van der Waals surface area contributed by atoms with E-state index >= 15 is 0 Å². The summed E-state index contributed by atoms with van der Waals surface area (Å²) in [5, 5.41) is 6.70. The van der Waals surface area contributed by atoms with E-state index in [1.165, 1.54) is 32.4 Å². The third-order valence-corrected chi connectivity index (χ3v) is 3.91. The SMILES string of the molecule is CCOCCNC(=NC)NCC1CCN(C2CC2)C1.I. The second-order valence-electron chi connectivity index (χ2n) is 5.46. The molecule has 0 aromatic heterocycles. The number of ether oxygens (including phenoxy) is 1. The molecule has 0 bridgehead atoms. The minimum Gasteiger partial charge on any atom is -0.380 e. The van der Waals surface area contributed by atoms with Crippen molar-refractivity contribution >= 4 is 29.9 Å². The maximum Gasteiger partial charge on any atom is 0.191 e. The second-order valence-corrected chi connectivity index (χ2v) is 5.46. The van der Waals surface area contributed by atoms with Crippen LogP contribution >= 0.6 is 24.0 Å². The van der Waals surface area contributed by atoms with Gasteiger partial charge in [0, 0.05) is 39.3 Å². The number of nitrogens with zero attached hydrogens (tertiary/aromatic N) is 2. The molecule has 2 fully saturated rings. The van der Waals surface area contributed by atoms with Crippen LogP contribution in [-0.4, -0.2) is 63.3 Å². The fourth-order valence-electron chi connectivity index (χ4n) is 2.65. The summed E-state index contributed by atoms with van der Waals surface area (Å²) >= 11 is 0. The lowest BCUT2D eigenvalue weighted by Crippen LogP contribution is -2.41. The third kappa shape index (κ3) is 6.13. The zero-order valence-electron chi connectivity index (χ0n) is 12.7. The molecule has 1 saturated carbocycles. The first-order valence-electron chi connectivity index (χ1n) is 7.59. The van der Waals surface area contributed by atoms with Crippen LogP contribution < -0.4 is 10.6 Å². The van der Waals surface area contributed by atoms with Crippen LogP contribution in [0.4, 0.5) is 0 Å². The summed E-state index contributed by atoms with van der Waals surface area (Å²) in [5.41, 5.74) is 0. The van der Waals surface area contributed by atoms with Gasteiger partial charge < -0.3 is 20.3 Å². The van der Waals surface area contributed by atoms with Crippen LogP contribution in [0.5, 0.6) is 0 Å². The topological polar surface area (TPSA) is 48.9 Å². The molecule has 1 saturated heterocycles. The van der Waals surface area contributed by atoms with Crippen molar-refractivity contribution in [1.29, 1.82) is 0 Å². The molecule has 1 aliphatic carbocycles. The molecule has 1 aliphatic heterocycles. The van der Waals surface area contributed by atoms with Crippen molar-refractivity contribution in [1.82, 2.24) is 15.5 Å². The van der Waals surface area contributed by atoms with Gasteiger partial charge in [-0.2, -0.15) is 0 Å². The van der Waals surface area contributed by atoms with Gasteiger partial charge in [0.15, 0.2) is 5.96 Å². The Kier molecular flexibility index (Phi) is 8.79. The van der Waals surface area contributed by atoms with E-state index < -0.39 is 0 Å². The highest BCUT2D eigenvalue weighted by atomic mass is 127. The van der Waals surface area contributed by atoms with Gasteiger partial charge in [0.1, 0.15) is 0 Å². The first-order valence-corrected chi connectivity index (χ1v) is 7.59. The number of nitrogens with one attached hydrogen (secondary N) is 2. The zero-order chi connectivity index (χ0) is 13.5. The summed E-state index contributed by atoms with van der Waals surface area (Å²) in [6.45, 7) is 7.90. The standard InChI is InChI=1S/C14H28N4O.HI/c1-3-19-9-7-16-14(15-2)17-10-12-6-8-18(11-12)13-4-5-13;/h12-13H,3-11H2,1-2H3,(H2,15,16,17);1H. The molecule has 0 aromatic rings. The Morgan fingerprint density at radius 3 is 2.75 bits per heavy atom. The molecule has 0 amide bonds. The van der Waals surface area contributed by atoms with E-state index in [9.17, 15) is 0 Å². The number of aliphatic imine (C=N–C) groups is 1. The highest BCUT2D eigenvalue weighted by Crippen LogP contribution is 2.31. The summed E-state index contributed by atoms with van der Waals surface area (Å²) < 4.78 is 5.30. The van der Waals surface area contributed by atoms with Crippen LogP contribution in [-0.2, 0) is 4.74 Å². The number of likely N-dealkylation sites (tertiary alicyclic amines) is 1. The molecule has 5 nitrogen and oxygen atoms in total. The maximum absolute atomic E-state index is 5.30. The lowest BCUT2D eigenvalue weighted by Gasteiger charge is -2.17. The Balaban J connectivity index is 0.00000200. The monoisotopic (exact) mass is 396 g/mol. The van der Waals surface area contributed by atoms with Crippen molar-refractivity contribution in [2.75, 3.05) is 46.4 Å². The molecule has 0 radical (unpaired) electrons. The van der Waals surface area contributed by atoms with Crippen LogP contribution in [0.15, 0.2) is 4.99 Å². The van der Waals surface area contributed by atoms with Crippen molar-refractivity contribution in [3.05, 3.63) is 0 Å². The van der Waals surface area contributed by atoms with Crippen molar-refractivity contribution < 1.29 is 4.74 Å². The predicted molar refractivity (Wildman–Crippen MR) is 94.0 cm³/mol. The Morgan fingerprint density at radius 2 is 2.10 bits per heavy atom. The molecule has 118 valence electrons. The fourth-order valence-corrected chi connectivity index (χ4v) is 2.65. The molecule has 0 aromatic carbocycles. The van der Waals surface area contributed by atoms with Gasteiger partial charge in [-0.05, 0) is 38.6 Å². The Labute approximate surface area is 139 Å². The normalized spacial score (nSPS) is 23.5. The number of halogens is 1. The lowest BCUT2D eigenvalue weighted by atomic mass is 10.1. The van der Waals surface area contributed by atoms with Crippen LogP contribution in [0.3, 0.4) is 0 Å². The van der Waals surface area contributed by atoms with Crippen LogP contribution in [0, 0.1) is 5.92 Å². The zero-order valence-corrected chi connectivity index (χ0v) is 15.1. The van der Waals surface area contributed by atoms with Crippen LogP contribution in [0.1, 0.15) is 26.2 Å². The number of guanidine groups is 1. The fraction of sp³-hybridized carbons (Fsp3) is 0.929. The Morgan fingerprint density at radius 1 is 1.30 bits per heavy atom. The average Bonchev–Trinajstić information content (AvgIpc) is 3.18. The smallest absolute Gasteiger partial charge is 0.191 e. The molecule has 20 heavy (non-hydrogen) atoms. The largest absolute Gasteiger partial charge is 0.380 e. The van der Waals surface area contributed by atoms with Crippen molar-refractivity contribution in [3.63, 3.8) is 0 Å². The number of hydrogen-bond donors (Lipinski definition) is 2. The van der Waals surface area contributed by atoms with Gasteiger partial charge in [-0.15, -0.1) is 24.0 Å². The Bertz CT molecular complexity index is 297. The van der Waals surface area contributed by atoms with E-state index in [0.29, 0.717) is 0 Å². The van der Waals surface area contributed by atoms with E-state index in [4.69, 9.17) is 4.74 Å². The third-order valence-electron chi connectivity index (χ3n) is 3.91. The summed E-state index contributed by atoms with van der Waals surface area (Å²) in [7, 11) is 1.82. The second kappa shape index (κ2) is 9.78. The lowest BCUT2D eigenvalue weighted by molar-refractivity contribution is 0.152. The van der Waals surface area contributed by atoms with E-state index in [-0.39, 0.29) is 24.0 Å². The first kappa shape index (κ1) is 18.0. The number of rotatable bonds is 7. The van der Waals surface area contributed by atoms with Gasteiger partial charge in [0.05, 0.1) is 6.61 Å². The van der Waals surface area contributed by atoms with Crippen LogP contribution in [0.25, 0.3) is 0 Å².